The second-order valence-corrected chi connectivity index (χ2v) is 10.8. The van der Waals surface area contributed by atoms with Crippen LogP contribution in [0.15, 0.2) is 59.9 Å². The summed E-state index contributed by atoms with van der Waals surface area (Å²) in [6.07, 6.45) is 7.04. The standard InChI is InChI=1S/C25H20ClF2N5O2S/c1-14-18(12-31-24(26)19(14)13-36(34,35)21-5-4-17(27)11-20(21)28)16-6-8-29-23(10-16)32-22-7-9-30-25(33-22)15-2-3-15/h4-12,15H,2-3,13H2,1H3,(H,29,30,32,33). The van der Waals surface area contributed by atoms with Crippen molar-refractivity contribution in [1.82, 2.24) is 19.9 Å². The van der Waals surface area contributed by atoms with Crippen LogP contribution in [0.3, 0.4) is 0 Å². The number of rotatable bonds is 7. The fourth-order valence-corrected chi connectivity index (χ4v) is 5.70. The highest BCUT2D eigenvalue weighted by molar-refractivity contribution is 7.90. The molecule has 0 saturated heterocycles. The van der Waals surface area contributed by atoms with Crippen LogP contribution in [0.1, 0.15) is 35.7 Å². The van der Waals surface area contributed by atoms with Crippen molar-refractivity contribution >= 4 is 33.1 Å². The van der Waals surface area contributed by atoms with Crippen molar-refractivity contribution in [1.29, 1.82) is 0 Å². The molecule has 0 radical (unpaired) electrons. The van der Waals surface area contributed by atoms with Crippen LogP contribution in [0.25, 0.3) is 11.1 Å². The molecule has 7 nitrogen and oxygen atoms in total. The van der Waals surface area contributed by atoms with Crippen molar-refractivity contribution < 1.29 is 17.2 Å². The second-order valence-electron chi connectivity index (χ2n) is 8.53. The van der Waals surface area contributed by atoms with E-state index in [-0.39, 0.29) is 10.7 Å². The molecule has 0 aliphatic heterocycles. The molecule has 5 rings (SSSR count). The Morgan fingerprint density at radius 3 is 2.56 bits per heavy atom. The van der Waals surface area contributed by atoms with Crippen LogP contribution < -0.4 is 5.32 Å². The lowest BCUT2D eigenvalue weighted by Gasteiger charge is -2.14. The second kappa shape index (κ2) is 9.51. The van der Waals surface area contributed by atoms with Gasteiger partial charge in [0.1, 0.15) is 39.1 Å². The topological polar surface area (TPSA) is 97.7 Å². The average Bonchev–Trinajstić information content (AvgIpc) is 3.68. The van der Waals surface area contributed by atoms with Crippen LogP contribution in [0.2, 0.25) is 5.15 Å². The molecule has 4 aromatic rings. The maximum absolute atomic E-state index is 14.2. The van der Waals surface area contributed by atoms with Gasteiger partial charge in [0.2, 0.25) is 0 Å². The van der Waals surface area contributed by atoms with Gasteiger partial charge in [-0.3, -0.25) is 0 Å². The first kappa shape index (κ1) is 24.2. The Morgan fingerprint density at radius 2 is 1.81 bits per heavy atom. The average molecular weight is 528 g/mol. The molecular weight excluding hydrogens is 508 g/mol. The minimum atomic E-state index is -4.16. The number of hydrogen-bond acceptors (Lipinski definition) is 7. The summed E-state index contributed by atoms with van der Waals surface area (Å²) in [6.45, 7) is 1.72. The Hall–Kier alpha value is -3.50. The quantitative estimate of drug-likeness (QED) is 0.241. The largest absolute Gasteiger partial charge is 0.325 e. The number of aromatic nitrogens is 4. The zero-order valence-corrected chi connectivity index (χ0v) is 20.6. The minimum Gasteiger partial charge on any atom is -0.325 e. The van der Waals surface area contributed by atoms with Gasteiger partial charge in [-0.05, 0) is 61.2 Å². The monoisotopic (exact) mass is 527 g/mol. The lowest BCUT2D eigenvalue weighted by molar-refractivity contribution is 0.548. The summed E-state index contributed by atoms with van der Waals surface area (Å²) >= 11 is 6.26. The van der Waals surface area contributed by atoms with Gasteiger partial charge in [0.05, 0.1) is 5.75 Å². The lowest BCUT2D eigenvalue weighted by atomic mass is 10.0. The van der Waals surface area contributed by atoms with E-state index in [1.165, 1.54) is 0 Å². The van der Waals surface area contributed by atoms with Crippen molar-refractivity contribution in [3.05, 3.63) is 88.7 Å². The van der Waals surface area contributed by atoms with E-state index in [9.17, 15) is 17.2 Å². The molecule has 36 heavy (non-hydrogen) atoms. The van der Waals surface area contributed by atoms with E-state index in [0.29, 0.717) is 34.7 Å². The zero-order valence-electron chi connectivity index (χ0n) is 19.0. The minimum absolute atomic E-state index is 0.0108. The van der Waals surface area contributed by atoms with Gasteiger partial charge in [0.15, 0.2) is 9.84 Å². The number of pyridine rings is 2. The van der Waals surface area contributed by atoms with E-state index < -0.39 is 32.1 Å². The Bertz CT molecular complexity index is 1580. The maximum atomic E-state index is 14.2. The van der Waals surface area contributed by atoms with Gasteiger partial charge in [0.25, 0.3) is 0 Å². The first-order valence-corrected chi connectivity index (χ1v) is 13.1. The van der Waals surface area contributed by atoms with Gasteiger partial charge in [-0.2, -0.15) is 0 Å². The van der Waals surface area contributed by atoms with Gasteiger partial charge < -0.3 is 5.32 Å². The van der Waals surface area contributed by atoms with Gasteiger partial charge in [0, 0.05) is 41.7 Å². The highest BCUT2D eigenvalue weighted by Gasteiger charge is 2.27. The summed E-state index contributed by atoms with van der Waals surface area (Å²) in [7, 11) is -4.16. The molecule has 0 amide bonds. The Balaban J connectivity index is 1.45. The van der Waals surface area contributed by atoms with E-state index >= 15 is 0 Å². The first-order chi connectivity index (χ1) is 17.2. The van der Waals surface area contributed by atoms with E-state index in [0.717, 1.165) is 36.4 Å². The summed E-state index contributed by atoms with van der Waals surface area (Å²) in [5.74, 6) is -0.253. The number of halogens is 3. The molecule has 3 heterocycles. The molecule has 0 bridgehead atoms. The predicted molar refractivity (Wildman–Crippen MR) is 132 cm³/mol. The third kappa shape index (κ3) is 5.05. The summed E-state index contributed by atoms with van der Waals surface area (Å²) in [5.41, 5.74) is 2.15. The van der Waals surface area contributed by atoms with Crippen LogP contribution in [0, 0.1) is 18.6 Å². The van der Waals surface area contributed by atoms with Crippen LogP contribution in [0.5, 0.6) is 0 Å². The van der Waals surface area contributed by atoms with E-state index in [4.69, 9.17) is 11.6 Å². The molecule has 0 spiro atoms. The predicted octanol–water partition coefficient (Wildman–Crippen LogP) is 5.77. The first-order valence-electron chi connectivity index (χ1n) is 11.1. The molecule has 184 valence electrons. The van der Waals surface area contributed by atoms with Crippen molar-refractivity contribution in [2.45, 2.75) is 36.3 Å². The molecule has 3 aromatic heterocycles. The highest BCUT2D eigenvalue weighted by atomic mass is 35.5. The van der Waals surface area contributed by atoms with Crippen molar-refractivity contribution in [3.8, 4) is 11.1 Å². The number of nitrogens with zero attached hydrogens (tertiary/aromatic N) is 4. The molecule has 1 aromatic carbocycles. The lowest BCUT2D eigenvalue weighted by Crippen LogP contribution is -2.10. The Kier molecular flexibility index (Phi) is 6.40. The van der Waals surface area contributed by atoms with Crippen LogP contribution in [-0.4, -0.2) is 28.4 Å². The van der Waals surface area contributed by atoms with Crippen LogP contribution >= 0.6 is 11.6 Å². The molecule has 11 heteroatoms. The van der Waals surface area contributed by atoms with Crippen LogP contribution in [-0.2, 0) is 15.6 Å². The normalized spacial score (nSPS) is 13.6. The maximum Gasteiger partial charge on any atom is 0.185 e. The molecule has 1 saturated carbocycles. The van der Waals surface area contributed by atoms with Gasteiger partial charge in [-0.25, -0.2) is 37.1 Å². The fraction of sp³-hybridized carbons (Fsp3) is 0.200. The summed E-state index contributed by atoms with van der Waals surface area (Å²) < 4.78 is 53.4. The van der Waals surface area contributed by atoms with E-state index in [2.05, 4.69) is 25.3 Å². The molecule has 1 fully saturated rings. The molecule has 1 aliphatic rings. The fourth-order valence-electron chi connectivity index (χ4n) is 3.85. The van der Waals surface area contributed by atoms with E-state index in [1.807, 2.05) is 0 Å². The molecule has 0 atom stereocenters. The summed E-state index contributed by atoms with van der Waals surface area (Å²) in [4.78, 5) is 16.8. The summed E-state index contributed by atoms with van der Waals surface area (Å²) in [5, 5.41) is 3.17. The molecule has 1 aliphatic carbocycles. The summed E-state index contributed by atoms with van der Waals surface area (Å²) in [6, 6.07) is 7.64. The third-order valence-electron chi connectivity index (χ3n) is 5.92. The van der Waals surface area contributed by atoms with Gasteiger partial charge >= 0.3 is 0 Å². The number of benzene rings is 1. The third-order valence-corrected chi connectivity index (χ3v) is 7.92. The number of sulfone groups is 1. The van der Waals surface area contributed by atoms with Gasteiger partial charge in [-0.1, -0.05) is 11.6 Å². The molecule has 1 N–H and O–H groups in total. The van der Waals surface area contributed by atoms with Crippen LogP contribution in [0.4, 0.5) is 20.4 Å². The zero-order chi connectivity index (χ0) is 25.4. The molecular formula is C25H20ClF2N5O2S. The van der Waals surface area contributed by atoms with Crippen molar-refractivity contribution in [2.75, 3.05) is 5.32 Å². The Morgan fingerprint density at radius 1 is 1.03 bits per heavy atom. The molecule has 0 unspecified atom stereocenters. The number of nitrogens with one attached hydrogen (secondary N) is 1. The highest BCUT2D eigenvalue weighted by Crippen LogP contribution is 2.38. The SMILES string of the molecule is Cc1c(-c2ccnc(Nc3ccnc(C4CC4)n3)c2)cnc(Cl)c1CS(=O)(=O)c1ccc(F)cc1F. The van der Waals surface area contributed by atoms with E-state index in [1.54, 1.807) is 43.7 Å². The van der Waals surface area contributed by atoms with Crippen molar-refractivity contribution in [3.63, 3.8) is 0 Å². The number of anilines is 2. The Labute approximate surface area is 211 Å². The smallest absolute Gasteiger partial charge is 0.185 e. The number of hydrogen-bond donors (Lipinski definition) is 1. The van der Waals surface area contributed by atoms with Crippen molar-refractivity contribution in [2.24, 2.45) is 0 Å². The van der Waals surface area contributed by atoms with Gasteiger partial charge in [-0.15, -0.1) is 0 Å².